The summed E-state index contributed by atoms with van der Waals surface area (Å²) in [5, 5.41) is 4.21. The van der Waals surface area contributed by atoms with Gasteiger partial charge in [0.25, 0.3) is 0 Å². The summed E-state index contributed by atoms with van der Waals surface area (Å²) in [5.74, 6) is 1.44. The van der Waals surface area contributed by atoms with Gasteiger partial charge in [-0.15, -0.1) is 0 Å². The van der Waals surface area contributed by atoms with Crippen LogP contribution in [0.4, 0.5) is 18.9 Å². The molecule has 5 nitrogen and oxygen atoms in total. The molecular formula is C29H38F3N3O2Si. The van der Waals surface area contributed by atoms with Crippen molar-refractivity contribution < 1.29 is 22.6 Å². The van der Waals surface area contributed by atoms with E-state index in [4.69, 9.17) is 9.47 Å². The monoisotopic (exact) mass is 545 g/mol. The number of nitrogens with one attached hydrogen (secondary N) is 1. The fourth-order valence-corrected chi connectivity index (χ4v) is 6.35. The molecule has 3 aromatic rings. The summed E-state index contributed by atoms with van der Waals surface area (Å²) in [6, 6.07) is 15.5. The first-order chi connectivity index (χ1) is 18.0. The van der Waals surface area contributed by atoms with Crippen LogP contribution in [-0.4, -0.2) is 49.9 Å². The zero-order valence-corrected chi connectivity index (χ0v) is 23.6. The number of hydrogen-bond donors (Lipinski definition) is 1. The molecule has 2 aliphatic heterocycles. The Kier molecular flexibility index (Phi) is 7.54. The van der Waals surface area contributed by atoms with Gasteiger partial charge < -0.3 is 19.4 Å². The largest absolute Gasteiger partial charge is 0.491 e. The number of fused-ring (bicyclic) bond motifs is 2. The van der Waals surface area contributed by atoms with Crippen molar-refractivity contribution in [2.24, 2.45) is 5.92 Å². The fourth-order valence-electron chi connectivity index (χ4n) is 5.59. The zero-order valence-electron chi connectivity index (χ0n) is 22.6. The average Bonchev–Trinajstić information content (AvgIpc) is 3.45. The predicted octanol–water partition coefficient (Wildman–Crippen LogP) is 7.23. The highest BCUT2D eigenvalue weighted by Gasteiger charge is 2.39. The molecule has 1 N–H and O–H groups in total. The number of ether oxygens (including phenoxy) is 2. The van der Waals surface area contributed by atoms with Crippen LogP contribution in [0.15, 0.2) is 48.5 Å². The number of hydrogen-bond acceptors (Lipinski definition) is 4. The molecule has 3 atom stereocenters. The standard InChI is InChI=1S/C29H38F3N3O2Si/c1-20-12-13-34(17-20)25-18-37-26-11-6-5-8-21(26)28(25)33-23-9-7-10-24-22(23)16-27(29(30,31)32)35(24)19-36-14-15-38(2,3)4/h5-11,16,20,25,28,33H,12-15,17-19H2,1-4H3/t20-,25-,28-/m0/s1. The molecule has 5 rings (SSSR count). The van der Waals surface area contributed by atoms with Gasteiger partial charge >= 0.3 is 6.18 Å². The van der Waals surface area contributed by atoms with E-state index in [-0.39, 0.29) is 18.8 Å². The first kappa shape index (κ1) is 27.1. The maximum absolute atomic E-state index is 14.2. The maximum Gasteiger partial charge on any atom is 0.431 e. The van der Waals surface area contributed by atoms with Gasteiger partial charge in [0.1, 0.15) is 24.8 Å². The van der Waals surface area contributed by atoms with Crippen LogP contribution >= 0.6 is 0 Å². The highest BCUT2D eigenvalue weighted by atomic mass is 28.3. The Balaban J connectivity index is 1.49. The molecule has 0 radical (unpaired) electrons. The molecule has 0 amide bonds. The molecule has 0 unspecified atom stereocenters. The Hall–Kier alpha value is -2.49. The second-order valence-corrected chi connectivity index (χ2v) is 17.6. The number of halogens is 3. The summed E-state index contributed by atoms with van der Waals surface area (Å²) in [6.45, 7) is 11.8. The summed E-state index contributed by atoms with van der Waals surface area (Å²) in [5.41, 5.74) is 1.55. The van der Waals surface area contributed by atoms with Crippen molar-refractivity contribution in [1.29, 1.82) is 0 Å². The third-order valence-electron chi connectivity index (χ3n) is 7.74. The lowest BCUT2D eigenvalue weighted by atomic mass is 9.94. The molecule has 38 heavy (non-hydrogen) atoms. The van der Waals surface area contributed by atoms with Crippen molar-refractivity contribution >= 4 is 24.7 Å². The lowest BCUT2D eigenvalue weighted by Gasteiger charge is -2.40. The number of benzene rings is 2. The second kappa shape index (κ2) is 10.6. The number of likely N-dealkylation sites (tertiary alicyclic amines) is 1. The van der Waals surface area contributed by atoms with E-state index in [1.165, 1.54) is 10.6 Å². The van der Waals surface area contributed by atoms with Crippen LogP contribution in [0.5, 0.6) is 5.75 Å². The smallest absolute Gasteiger partial charge is 0.431 e. The molecule has 1 fully saturated rings. The van der Waals surface area contributed by atoms with Crippen molar-refractivity contribution in [3.05, 3.63) is 59.8 Å². The molecule has 2 aliphatic rings. The Morgan fingerprint density at radius 2 is 1.89 bits per heavy atom. The number of alkyl halides is 3. The fraction of sp³-hybridized carbons (Fsp3) is 0.517. The highest BCUT2D eigenvalue weighted by molar-refractivity contribution is 6.76. The molecule has 0 bridgehead atoms. The first-order valence-corrected chi connectivity index (χ1v) is 17.2. The number of rotatable bonds is 8. The Morgan fingerprint density at radius 1 is 1.11 bits per heavy atom. The van der Waals surface area contributed by atoms with Gasteiger partial charge in [-0.1, -0.05) is 50.8 Å². The van der Waals surface area contributed by atoms with Crippen LogP contribution in [0.1, 0.15) is 30.6 Å². The normalized spacial score (nSPS) is 22.4. The lowest BCUT2D eigenvalue weighted by Crippen LogP contribution is -2.47. The molecule has 3 heterocycles. The van der Waals surface area contributed by atoms with Gasteiger partial charge in [0.15, 0.2) is 0 Å². The van der Waals surface area contributed by atoms with Crippen LogP contribution in [-0.2, 0) is 17.6 Å². The number of para-hydroxylation sites is 1. The summed E-state index contributed by atoms with van der Waals surface area (Å²) >= 11 is 0. The van der Waals surface area contributed by atoms with Gasteiger partial charge in [-0.2, -0.15) is 13.2 Å². The van der Waals surface area contributed by atoms with Crippen molar-refractivity contribution in [3.8, 4) is 5.75 Å². The minimum atomic E-state index is -4.49. The van der Waals surface area contributed by atoms with Crippen molar-refractivity contribution in [3.63, 3.8) is 0 Å². The molecule has 2 aromatic carbocycles. The van der Waals surface area contributed by atoms with Gasteiger partial charge in [0.2, 0.25) is 0 Å². The van der Waals surface area contributed by atoms with Crippen LogP contribution in [0.2, 0.25) is 25.7 Å². The average molecular weight is 546 g/mol. The van der Waals surface area contributed by atoms with Gasteiger partial charge in [0, 0.05) is 37.9 Å². The minimum Gasteiger partial charge on any atom is -0.491 e. The molecule has 1 saturated heterocycles. The Bertz CT molecular complexity index is 1270. The van der Waals surface area contributed by atoms with Gasteiger partial charge in [-0.25, -0.2) is 0 Å². The van der Waals surface area contributed by atoms with E-state index in [9.17, 15) is 13.2 Å². The third kappa shape index (κ3) is 5.74. The quantitative estimate of drug-likeness (QED) is 0.239. The summed E-state index contributed by atoms with van der Waals surface area (Å²) < 4.78 is 55.7. The van der Waals surface area contributed by atoms with E-state index >= 15 is 0 Å². The minimum absolute atomic E-state index is 0.0826. The lowest BCUT2D eigenvalue weighted by molar-refractivity contribution is -0.145. The molecule has 206 valence electrons. The third-order valence-corrected chi connectivity index (χ3v) is 9.44. The Morgan fingerprint density at radius 3 is 2.61 bits per heavy atom. The van der Waals surface area contributed by atoms with Crippen LogP contribution in [0, 0.1) is 5.92 Å². The van der Waals surface area contributed by atoms with Crippen molar-refractivity contribution in [2.45, 2.75) is 64.0 Å². The van der Waals surface area contributed by atoms with Gasteiger partial charge in [-0.05, 0) is 49.2 Å². The second-order valence-electron chi connectivity index (χ2n) is 12.0. The number of anilines is 1. The van der Waals surface area contributed by atoms with Gasteiger partial charge in [-0.3, -0.25) is 4.90 Å². The van der Waals surface area contributed by atoms with E-state index in [2.05, 4.69) is 42.8 Å². The van der Waals surface area contributed by atoms with E-state index in [0.29, 0.717) is 35.7 Å². The van der Waals surface area contributed by atoms with Crippen LogP contribution in [0.25, 0.3) is 10.9 Å². The van der Waals surface area contributed by atoms with E-state index in [1.54, 1.807) is 6.07 Å². The summed E-state index contributed by atoms with van der Waals surface area (Å²) in [4.78, 5) is 2.46. The van der Waals surface area contributed by atoms with E-state index in [0.717, 1.165) is 36.9 Å². The molecule has 1 aromatic heterocycles. The SMILES string of the molecule is C[C@H]1CCN([C@H]2COc3ccccc3[C@@H]2Nc2cccc3c2cc(C(F)(F)F)n3COCC[Si](C)(C)C)C1. The topological polar surface area (TPSA) is 38.7 Å². The molecular weight excluding hydrogens is 507 g/mol. The van der Waals surface area contributed by atoms with E-state index < -0.39 is 19.9 Å². The predicted molar refractivity (Wildman–Crippen MR) is 148 cm³/mol. The summed E-state index contributed by atoms with van der Waals surface area (Å²) in [7, 11) is -1.35. The van der Waals surface area contributed by atoms with Crippen molar-refractivity contribution in [2.75, 3.05) is 31.6 Å². The van der Waals surface area contributed by atoms with Crippen LogP contribution in [0.3, 0.4) is 0 Å². The molecule has 0 saturated carbocycles. The van der Waals surface area contributed by atoms with Gasteiger partial charge in [0.05, 0.1) is 17.6 Å². The van der Waals surface area contributed by atoms with E-state index in [1.807, 2.05) is 30.3 Å². The molecule has 9 heteroatoms. The molecule has 0 aliphatic carbocycles. The summed E-state index contributed by atoms with van der Waals surface area (Å²) in [6.07, 6.45) is -3.35. The molecule has 0 spiro atoms. The zero-order chi connectivity index (χ0) is 27.1. The van der Waals surface area contributed by atoms with Crippen molar-refractivity contribution in [1.82, 2.24) is 9.47 Å². The maximum atomic E-state index is 14.2. The number of aromatic nitrogens is 1. The first-order valence-electron chi connectivity index (χ1n) is 13.5. The highest BCUT2D eigenvalue weighted by Crippen LogP contribution is 2.41. The number of nitrogens with zero attached hydrogens (tertiary/aromatic N) is 2. The Labute approximate surface area is 223 Å². The van der Waals surface area contributed by atoms with Crippen LogP contribution < -0.4 is 10.1 Å².